The zero-order valence-corrected chi connectivity index (χ0v) is 18.5. The first-order valence-corrected chi connectivity index (χ1v) is 10.6. The highest BCUT2D eigenvalue weighted by molar-refractivity contribution is 6.39. The van der Waals surface area contributed by atoms with Gasteiger partial charge in [-0.05, 0) is 31.9 Å². The summed E-state index contributed by atoms with van der Waals surface area (Å²) in [5, 5.41) is 9.38. The summed E-state index contributed by atoms with van der Waals surface area (Å²) in [5.74, 6) is -1.08. The summed E-state index contributed by atoms with van der Waals surface area (Å²) in [6.07, 6.45) is 7.99. The van der Waals surface area contributed by atoms with Gasteiger partial charge in [-0.15, -0.1) is 0 Å². The third-order valence-electron chi connectivity index (χ3n) is 5.10. The van der Waals surface area contributed by atoms with Gasteiger partial charge < -0.3 is 20.1 Å². The molecule has 0 aliphatic heterocycles. The summed E-state index contributed by atoms with van der Waals surface area (Å²) in [4.78, 5) is 36.4. The number of hydrogen-bond donors (Lipinski definition) is 3. The molecule has 0 heterocycles. The minimum atomic E-state index is -0.947. The molecule has 0 bridgehead atoms. The molecule has 9 heteroatoms. The van der Waals surface area contributed by atoms with Crippen molar-refractivity contribution in [2.45, 2.75) is 64.3 Å². The third kappa shape index (κ3) is 8.27. The van der Waals surface area contributed by atoms with Gasteiger partial charge in [-0.1, -0.05) is 32.1 Å². The molecule has 1 saturated carbocycles. The molecule has 9 nitrogen and oxygen atoms in total. The molecule has 1 aromatic rings. The first-order valence-electron chi connectivity index (χ1n) is 10.6. The van der Waals surface area contributed by atoms with Crippen LogP contribution in [0.1, 0.15) is 58.3 Å². The second-order valence-electron chi connectivity index (χ2n) is 7.59. The van der Waals surface area contributed by atoms with Crippen molar-refractivity contribution in [2.75, 3.05) is 19.5 Å². The highest BCUT2D eigenvalue weighted by Gasteiger charge is 2.17. The van der Waals surface area contributed by atoms with Crippen molar-refractivity contribution in [1.29, 1.82) is 0 Å². The lowest BCUT2D eigenvalue weighted by Crippen LogP contribution is -2.37. The topological polar surface area (TPSA) is 118 Å². The van der Waals surface area contributed by atoms with Crippen molar-refractivity contribution in [2.24, 2.45) is 5.10 Å². The number of carbonyl (C=O) groups excluding carboxylic acids is 3. The number of rotatable bonds is 7. The number of benzene rings is 1. The Kier molecular flexibility index (Phi) is 9.80. The number of nitrogens with zero attached hydrogens (tertiary/aromatic N) is 1. The van der Waals surface area contributed by atoms with E-state index in [1.165, 1.54) is 33.5 Å². The SMILES string of the molecule is COc1ccc(NC(=O)C(=O)N/N=C(\C)CC(=O)NC2CCCCCCC2)c(OC)c1. The monoisotopic (exact) mass is 432 g/mol. The summed E-state index contributed by atoms with van der Waals surface area (Å²) in [6.45, 7) is 1.63. The van der Waals surface area contributed by atoms with E-state index in [4.69, 9.17) is 9.47 Å². The Morgan fingerprint density at radius 1 is 1.00 bits per heavy atom. The number of ether oxygens (including phenoxy) is 2. The summed E-state index contributed by atoms with van der Waals surface area (Å²) in [6, 6.07) is 4.98. The van der Waals surface area contributed by atoms with Gasteiger partial charge in [0.15, 0.2) is 0 Å². The van der Waals surface area contributed by atoms with E-state index in [1.54, 1.807) is 25.1 Å². The van der Waals surface area contributed by atoms with E-state index >= 15 is 0 Å². The van der Waals surface area contributed by atoms with E-state index in [9.17, 15) is 14.4 Å². The van der Waals surface area contributed by atoms with Crippen LogP contribution >= 0.6 is 0 Å². The van der Waals surface area contributed by atoms with Crippen LogP contribution in [0.15, 0.2) is 23.3 Å². The zero-order chi connectivity index (χ0) is 22.6. The van der Waals surface area contributed by atoms with Crippen molar-refractivity contribution in [3.05, 3.63) is 18.2 Å². The van der Waals surface area contributed by atoms with Gasteiger partial charge in [0.05, 0.1) is 26.3 Å². The second-order valence-corrected chi connectivity index (χ2v) is 7.59. The molecule has 0 saturated heterocycles. The molecule has 2 rings (SSSR count). The Labute approximate surface area is 182 Å². The third-order valence-corrected chi connectivity index (χ3v) is 5.10. The van der Waals surface area contributed by atoms with Gasteiger partial charge in [-0.2, -0.15) is 5.10 Å². The standard InChI is InChI=1S/C22H32N4O5/c1-15(13-20(27)23-16-9-7-5-4-6-8-10-16)25-26-22(29)21(28)24-18-12-11-17(30-2)14-19(18)31-3/h11-12,14,16H,4-10,13H2,1-3H3,(H,23,27)(H,24,28)(H,26,29)/b25-15+. The molecular formula is C22H32N4O5. The lowest BCUT2D eigenvalue weighted by Gasteiger charge is -2.21. The molecule has 0 atom stereocenters. The molecule has 3 amide bonds. The smallest absolute Gasteiger partial charge is 0.329 e. The van der Waals surface area contributed by atoms with Crippen LogP contribution in [0.2, 0.25) is 0 Å². The molecule has 0 unspecified atom stereocenters. The molecule has 1 aliphatic rings. The molecule has 0 aromatic heterocycles. The number of hydrazone groups is 1. The van der Waals surface area contributed by atoms with Crippen LogP contribution in [-0.4, -0.2) is 43.7 Å². The lowest BCUT2D eigenvalue weighted by molar-refractivity contribution is -0.136. The van der Waals surface area contributed by atoms with Gasteiger partial charge in [0, 0.05) is 17.8 Å². The van der Waals surface area contributed by atoms with Gasteiger partial charge in [0.1, 0.15) is 11.5 Å². The van der Waals surface area contributed by atoms with Gasteiger partial charge in [-0.3, -0.25) is 14.4 Å². The molecule has 3 N–H and O–H groups in total. The molecule has 1 fully saturated rings. The highest BCUT2D eigenvalue weighted by Crippen LogP contribution is 2.28. The predicted octanol–water partition coefficient (Wildman–Crippen LogP) is 2.75. The zero-order valence-electron chi connectivity index (χ0n) is 18.5. The van der Waals surface area contributed by atoms with Crippen molar-refractivity contribution < 1.29 is 23.9 Å². The average molecular weight is 433 g/mol. The largest absolute Gasteiger partial charge is 0.497 e. The van der Waals surface area contributed by atoms with Crippen molar-refractivity contribution in [3.8, 4) is 11.5 Å². The van der Waals surface area contributed by atoms with E-state index in [0.29, 0.717) is 22.9 Å². The summed E-state index contributed by atoms with van der Waals surface area (Å²) in [7, 11) is 2.96. The Balaban J connectivity index is 1.82. The quantitative estimate of drug-likeness (QED) is 0.348. The van der Waals surface area contributed by atoms with E-state index in [2.05, 4.69) is 21.2 Å². The van der Waals surface area contributed by atoms with Gasteiger partial charge in [-0.25, -0.2) is 5.43 Å². The van der Waals surface area contributed by atoms with Crippen molar-refractivity contribution in [1.82, 2.24) is 10.7 Å². The second kappa shape index (κ2) is 12.6. The van der Waals surface area contributed by atoms with Crippen molar-refractivity contribution >= 4 is 29.1 Å². The molecule has 1 aliphatic carbocycles. The fraction of sp³-hybridized carbons (Fsp3) is 0.545. The van der Waals surface area contributed by atoms with Gasteiger partial charge in [0.2, 0.25) is 5.91 Å². The first-order chi connectivity index (χ1) is 14.9. The minimum absolute atomic E-state index is 0.0602. The summed E-state index contributed by atoms with van der Waals surface area (Å²) < 4.78 is 10.3. The normalized spacial score (nSPS) is 15.3. The fourth-order valence-electron chi connectivity index (χ4n) is 3.43. The minimum Gasteiger partial charge on any atom is -0.497 e. The van der Waals surface area contributed by atoms with E-state index < -0.39 is 11.8 Å². The summed E-state index contributed by atoms with van der Waals surface area (Å²) >= 11 is 0. The van der Waals surface area contributed by atoms with E-state index in [1.807, 2.05) is 0 Å². The Morgan fingerprint density at radius 2 is 1.68 bits per heavy atom. The lowest BCUT2D eigenvalue weighted by atomic mass is 9.96. The van der Waals surface area contributed by atoms with E-state index in [0.717, 1.165) is 25.7 Å². The molecule has 31 heavy (non-hydrogen) atoms. The molecule has 170 valence electrons. The van der Waals surface area contributed by atoms with Crippen LogP contribution in [-0.2, 0) is 14.4 Å². The van der Waals surface area contributed by atoms with Crippen LogP contribution in [0, 0.1) is 0 Å². The maximum atomic E-state index is 12.3. The Morgan fingerprint density at radius 3 is 2.32 bits per heavy atom. The Hall–Kier alpha value is -3.10. The molecular weight excluding hydrogens is 400 g/mol. The van der Waals surface area contributed by atoms with E-state index in [-0.39, 0.29) is 18.4 Å². The summed E-state index contributed by atoms with van der Waals surface area (Å²) in [5.41, 5.74) is 2.91. The number of amides is 3. The number of anilines is 1. The fourth-order valence-corrected chi connectivity index (χ4v) is 3.43. The van der Waals surface area contributed by atoms with Crippen LogP contribution < -0.4 is 25.5 Å². The predicted molar refractivity (Wildman–Crippen MR) is 118 cm³/mol. The van der Waals surface area contributed by atoms with Gasteiger partial charge in [0.25, 0.3) is 0 Å². The number of methoxy groups -OCH3 is 2. The molecule has 1 aromatic carbocycles. The molecule has 0 radical (unpaired) electrons. The maximum absolute atomic E-state index is 12.3. The maximum Gasteiger partial charge on any atom is 0.329 e. The highest BCUT2D eigenvalue weighted by atomic mass is 16.5. The molecule has 0 spiro atoms. The number of hydrogen-bond acceptors (Lipinski definition) is 6. The first kappa shape index (κ1) is 24.2. The van der Waals surface area contributed by atoms with Crippen molar-refractivity contribution in [3.63, 3.8) is 0 Å². The van der Waals surface area contributed by atoms with Crippen LogP contribution in [0.4, 0.5) is 5.69 Å². The van der Waals surface area contributed by atoms with Gasteiger partial charge >= 0.3 is 11.8 Å². The number of nitrogens with one attached hydrogen (secondary N) is 3. The average Bonchev–Trinajstić information content (AvgIpc) is 2.73. The number of carbonyl (C=O) groups is 3. The van der Waals surface area contributed by atoms with Crippen LogP contribution in [0.5, 0.6) is 11.5 Å². The Bertz CT molecular complexity index is 801. The van der Waals surface area contributed by atoms with Crippen LogP contribution in [0.25, 0.3) is 0 Å². The van der Waals surface area contributed by atoms with Crippen LogP contribution in [0.3, 0.4) is 0 Å².